The van der Waals surface area contributed by atoms with Gasteiger partial charge in [-0.3, -0.25) is 9.69 Å². The minimum atomic E-state index is -0.424. The molecule has 0 unspecified atom stereocenters. The van der Waals surface area contributed by atoms with Gasteiger partial charge in [0.15, 0.2) is 0 Å². The molecule has 1 aromatic rings. The zero-order chi connectivity index (χ0) is 16.8. The summed E-state index contributed by atoms with van der Waals surface area (Å²) in [6, 6.07) is 5.90. The quantitative estimate of drug-likeness (QED) is 0.775. The zero-order valence-corrected chi connectivity index (χ0v) is 13.8. The Morgan fingerprint density at radius 3 is 2.43 bits per heavy atom. The third-order valence-electron chi connectivity index (χ3n) is 3.90. The molecule has 1 aliphatic rings. The van der Waals surface area contributed by atoms with Gasteiger partial charge in [0.05, 0.1) is 5.69 Å². The molecule has 0 bridgehead atoms. The minimum Gasteiger partial charge on any atom is -0.341 e. The van der Waals surface area contributed by atoms with Gasteiger partial charge in [-0.25, -0.2) is 9.18 Å². The first-order valence-corrected chi connectivity index (χ1v) is 8.17. The predicted octanol–water partition coefficient (Wildman–Crippen LogP) is 2.72. The van der Waals surface area contributed by atoms with Gasteiger partial charge >= 0.3 is 6.03 Å². The van der Waals surface area contributed by atoms with Gasteiger partial charge in [0, 0.05) is 26.2 Å². The lowest BCUT2D eigenvalue weighted by Crippen LogP contribution is -2.42. The number of para-hydroxylation sites is 1. The summed E-state index contributed by atoms with van der Waals surface area (Å²) in [7, 11) is 0. The highest BCUT2D eigenvalue weighted by Crippen LogP contribution is 2.23. The van der Waals surface area contributed by atoms with E-state index in [1.807, 2.05) is 13.8 Å². The number of anilines is 1. The number of benzene rings is 1. The van der Waals surface area contributed by atoms with Gasteiger partial charge < -0.3 is 9.80 Å². The van der Waals surface area contributed by atoms with E-state index in [-0.39, 0.29) is 24.2 Å². The Kier molecular flexibility index (Phi) is 5.96. The van der Waals surface area contributed by atoms with E-state index in [4.69, 9.17) is 0 Å². The van der Waals surface area contributed by atoms with Crippen LogP contribution in [-0.4, -0.2) is 54.5 Å². The lowest BCUT2D eigenvalue weighted by atomic mass is 10.3. The molecule has 0 aromatic heterocycles. The Hall–Kier alpha value is -2.11. The van der Waals surface area contributed by atoms with Crippen LogP contribution in [-0.2, 0) is 4.79 Å². The van der Waals surface area contributed by atoms with Crippen molar-refractivity contribution in [2.24, 2.45) is 0 Å². The smallest absolute Gasteiger partial charge is 0.325 e. The fourth-order valence-corrected chi connectivity index (χ4v) is 2.79. The molecule has 2 rings (SSSR count). The number of carbonyl (C=O) groups excluding carboxylic acids is 2. The van der Waals surface area contributed by atoms with Crippen LogP contribution in [0, 0.1) is 5.82 Å². The highest BCUT2D eigenvalue weighted by Gasteiger charge is 2.32. The average Bonchev–Trinajstić information content (AvgIpc) is 2.88. The standard InChI is InChI=1S/C17H24FN3O2/c1-3-9-19(10-4-2)16(22)13-20-11-12-21(17(20)23)15-8-6-5-7-14(15)18/h5-8H,3-4,9-13H2,1-2H3. The second-order valence-corrected chi connectivity index (χ2v) is 5.69. The summed E-state index contributed by atoms with van der Waals surface area (Å²) in [5.41, 5.74) is 0.270. The summed E-state index contributed by atoms with van der Waals surface area (Å²) in [4.78, 5) is 29.5. The number of halogens is 1. The van der Waals surface area contributed by atoms with Gasteiger partial charge in [-0.2, -0.15) is 0 Å². The highest BCUT2D eigenvalue weighted by molar-refractivity contribution is 5.96. The van der Waals surface area contributed by atoms with Crippen LogP contribution in [0.1, 0.15) is 26.7 Å². The number of rotatable bonds is 7. The molecule has 0 radical (unpaired) electrons. The summed E-state index contributed by atoms with van der Waals surface area (Å²) in [5, 5.41) is 0. The number of nitrogens with zero attached hydrogens (tertiary/aromatic N) is 3. The molecular formula is C17H24FN3O2. The third-order valence-corrected chi connectivity index (χ3v) is 3.90. The maximum absolute atomic E-state index is 13.8. The van der Waals surface area contributed by atoms with Crippen LogP contribution < -0.4 is 4.90 Å². The van der Waals surface area contributed by atoms with Crippen LogP contribution in [0.15, 0.2) is 24.3 Å². The molecule has 0 aliphatic carbocycles. The first-order chi connectivity index (χ1) is 11.1. The van der Waals surface area contributed by atoms with E-state index in [0.717, 1.165) is 12.8 Å². The molecule has 6 heteroatoms. The molecular weight excluding hydrogens is 297 g/mol. The minimum absolute atomic E-state index is 0.0440. The van der Waals surface area contributed by atoms with Crippen molar-refractivity contribution in [2.75, 3.05) is 37.6 Å². The first-order valence-electron chi connectivity index (χ1n) is 8.17. The summed E-state index contributed by atoms with van der Waals surface area (Å²) < 4.78 is 13.8. The molecule has 5 nitrogen and oxygen atoms in total. The zero-order valence-electron chi connectivity index (χ0n) is 13.8. The van der Waals surface area contributed by atoms with Gasteiger partial charge in [-0.1, -0.05) is 26.0 Å². The molecule has 1 aliphatic heterocycles. The SMILES string of the molecule is CCCN(CCC)C(=O)CN1CCN(c2ccccc2F)C1=O. The van der Waals surface area contributed by atoms with E-state index in [0.29, 0.717) is 26.2 Å². The molecule has 3 amide bonds. The molecule has 1 saturated heterocycles. The average molecular weight is 321 g/mol. The summed E-state index contributed by atoms with van der Waals surface area (Å²) in [5.74, 6) is -0.468. The van der Waals surface area contributed by atoms with Crippen molar-refractivity contribution in [1.82, 2.24) is 9.80 Å². The normalized spacial score (nSPS) is 14.5. The van der Waals surface area contributed by atoms with Crippen LogP contribution in [0.2, 0.25) is 0 Å². The Labute approximate surface area is 136 Å². The largest absolute Gasteiger partial charge is 0.341 e. The van der Waals surface area contributed by atoms with E-state index in [9.17, 15) is 14.0 Å². The molecule has 0 spiro atoms. The van der Waals surface area contributed by atoms with E-state index in [1.54, 1.807) is 23.1 Å². The monoisotopic (exact) mass is 321 g/mol. The molecule has 0 N–H and O–H groups in total. The number of hydrogen-bond donors (Lipinski definition) is 0. The number of hydrogen-bond acceptors (Lipinski definition) is 2. The topological polar surface area (TPSA) is 43.9 Å². The predicted molar refractivity (Wildman–Crippen MR) is 87.9 cm³/mol. The van der Waals surface area contributed by atoms with Crippen LogP contribution >= 0.6 is 0 Å². The van der Waals surface area contributed by atoms with Gasteiger partial charge in [0.2, 0.25) is 5.91 Å². The van der Waals surface area contributed by atoms with Gasteiger partial charge in [-0.15, -0.1) is 0 Å². The van der Waals surface area contributed by atoms with E-state index in [1.165, 1.54) is 15.9 Å². The fourth-order valence-electron chi connectivity index (χ4n) is 2.79. The Morgan fingerprint density at radius 1 is 1.17 bits per heavy atom. The Balaban J connectivity index is 2.02. The molecule has 1 aromatic carbocycles. The summed E-state index contributed by atoms with van der Waals surface area (Å²) in [6.07, 6.45) is 1.78. The van der Waals surface area contributed by atoms with Crippen molar-refractivity contribution < 1.29 is 14.0 Å². The van der Waals surface area contributed by atoms with Gasteiger partial charge in [0.25, 0.3) is 0 Å². The number of urea groups is 1. The van der Waals surface area contributed by atoms with Gasteiger partial charge in [0.1, 0.15) is 12.4 Å². The maximum Gasteiger partial charge on any atom is 0.325 e. The van der Waals surface area contributed by atoms with E-state index < -0.39 is 5.82 Å². The van der Waals surface area contributed by atoms with Crippen LogP contribution in [0.4, 0.5) is 14.9 Å². The first kappa shape index (κ1) is 17.2. The number of carbonyl (C=O) groups is 2. The van der Waals surface area contributed by atoms with Crippen molar-refractivity contribution in [2.45, 2.75) is 26.7 Å². The van der Waals surface area contributed by atoms with Crippen molar-refractivity contribution in [1.29, 1.82) is 0 Å². The van der Waals surface area contributed by atoms with Crippen LogP contribution in [0.5, 0.6) is 0 Å². The van der Waals surface area contributed by atoms with Crippen LogP contribution in [0.25, 0.3) is 0 Å². The molecule has 1 fully saturated rings. The summed E-state index contributed by atoms with van der Waals surface area (Å²) >= 11 is 0. The lowest BCUT2D eigenvalue weighted by molar-refractivity contribution is -0.131. The molecule has 0 saturated carbocycles. The van der Waals surface area contributed by atoms with Crippen molar-refractivity contribution >= 4 is 17.6 Å². The second kappa shape index (κ2) is 7.94. The van der Waals surface area contributed by atoms with Crippen molar-refractivity contribution in [3.8, 4) is 0 Å². The summed E-state index contributed by atoms with van der Waals surface area (Å²) in [6.45, 7) is 6.34. The molecule has 126 valence electrons. The lowest BCUT2D eigenvalue weighted by Gasteiger charge is -2.25. The van der Waals surface area contributed by atoms with Crippen molar-refractivity contribution in [3.05, 3.63) is 30.1 Å². The van der Waals surface area contributed by atoms with Crippen molar-refractivity contribution in [3.63, 3.8) is 0 Å². The Bertz CT molecular complexity index is 559. The maximum atomic E-state index is 13.8. The Morgan fingerprint density at radius 2 is 1.83 bits per heavy atom. The second-order valence-electron chi connectivity index (χ2n) is 5.69. The van der Waals surface area contributed by atoms with Crippen LogP contribution in [0.3, 0.4) is 0 Å². The fraction of sp³-hybridized carbons (Fsp3) is 0.529. The highest BCUT2D eigenvalue weighted by atomic mass is 19.1. The van der Waals surface area contributed by atoms with E-state index >= 15 is 0 Å². The molecule has 23 heavy (non-hydrogen) atoms. The molecule has 0 atom stereocenters. The number of amides is 3. The van der Waals surface area contributed by atoms with E-state index in [2.05, 4.69) is 0 Å². The van der Waals surface area contributed by atoms with Gasteiger partial charge in [-0.05, 0) is 25.0 Å². The molecule has 1 heterocycles. The third kappa shape index (κ3) is 4.00.